The monoisotopic (exact) mass is 348 g/mol. The van der Waals surface area contributed by atoms with Crippen LogP contribution in [0.2, 0.25) is 5.02 Å². The van der Waals surface area contributed by atoms with Crippen molar-refractivity contribution in [3.05, 3.63) is 59.4 Å². The predicted octanol–water partition coefficient (Wildman–Crippen LogP) is 4.80. The maximum Gasteiger partial charge on any atom is 0.237 e. The van der Waals surface area contributed by atoms with Gasteiger partial charge in [0.2, 0.25) is 5.91 Å². The van der Waals surface area contributed by atoms with Crippen LogP contribution in [0.4, 0.5) is 5.69 Å². The van der Waals surface area contributed by atoms with Gasteiger partial charge in [0.25, 0.3) is 0 Å². The molecule has 5 heteroatoms. The van der Waals surface area contributed by atoms with E-state index in [0.717, 1.165) is 29.8 Å². The van der Waals surface area contributed by atoms with Crippen molar-refractivity contribution in [2.24, 2.45) is 0 Å². The number of nitrogens with zero attached hydrogens (tertiary/aromatic N) is 2. The number of halogens is 1. The topological polar surface area (TPSA) is 33.2 Å². The Kier molecular flexibility index (Phi) is 7.43. The SMILES string of the molecule is CCCCSCC(=O)N(Cc1cccnc1)c1ccc(Cl)cc1. The lowest BCUT2D eigenvalue weighted by Gasteiger charge is -2.23. The Morgan fingerprint density at radius 3 is 2.70 bits per heavy atom. The van der Waals surface area contributed by atoms with Crippen LogP contribution in [0.15, 0.2) is 48.8 Å². The molecule has 0 aliphatic heterocycles. The molecule has 0 atom stereocenters. The minimum Gasteiger partial charge on any atom is -0.307 e. The summed E-state index contributed by atoms with van der Waals surface area (Å²) in [6.45, 7) is 2.67. The van der Waals surface area contributed by atoms with E-state index in [-0.39, 0.29) is 5.91 Å². The molecule has 0 fully saturated rings. The van der Waals surface area contributed by atoms with E-state index in [4.69, 9.17) is 11.6 Å². The zero-order valence-electron chi connectivity index (χ0n) is 13.2. The number of carbonyl (C=O) groups is 1. The Bertz CT molecular complexity index is 604. The summed E-state index contributed by atoms with van der Waals surface area (Å²) < 4.78 is 0. The minimum absolute atomic E-state index is 0.109. The summed E-state index contributed by atoms with van der Waals surface area (Å²) in [5.74, 6) is 1.62. The third kappa shape index (κ3) is 5.88. The number of benzene rings is 1. The summed E-state index contributed by atoms with van der Waals surface area (Å²) in [5, 5.41) is 0.667. The molecule has 0 radical (unpaired) electrons. The van der Waals surface area contributed by atoms with Crippen LogP contribution in [0.25, 0.3) is 0 Å². The molecule has 0 aliphatic carbocycles. The number of unbranched alkanes of at least 4 members (excludes halogenated alkanes) is 1. The van der Waals surface area contributed by atoms with Gasteiger partial charge in [0.1, 0.15) is 0 Å². The molecule has 0 saturated carbocycles. The first kappa shape index (κ1) is 17.8. The molecule has 0 spiro atoms. The third-order valence-electron chi connectivity index (χ3n) is 3.37. The summed E-state index contributed by atoms with van der Waals surface area (Å²) in [6.07, 6.45) is 5.82. The number of carbonyl (C=O) groups excluding carboxylic acids is 1. The van der Waals surface area contributed by atoms with Crippen LogP contribution >= 0.6 is 23.4 Å². The molecule has 2 rings (SSSR count). The molecule has 1 aromatic heterocycles. The van der Waals surface area contributed by atoms with Gasteiger partial charge in [-0.25, -0.2) is 0 Å². The average Bonchev–Trinajstić information content (AvgIpc) is 2.58. The number of thioether (sulfide) groups is 1. The summed E-state index contributed by atoms with van der Waals surface area (Å²) >= 11 is 7.65. The molecule has 0 bridgehead atoms. The lowest BCUT2D eigenvalue weighted by molar-refractivity contribution is -0.116. The van der Waals surface area contributed by atoms with E-state index in [0.29, 0.717) is 17.3 Å². The Hall–Kier alpha value is -1.52. The van der Waals surface area contributed by atoms with Crippen molar-refractivity contribution < 1.29 is 4.79 Å². The fourth-order valence-electron chi connectivity index (χ4n) is 2.10. The molecule has 1 aromatic carbocycles. The van der Waals surface area contributed by atoms with E-state index in [1.165, 1.54) is 0 Å². The second kappa shape index (κ2) is 9.58. The number of pyridine rings is 1. The van der Waals surface area contributed by atoms with Crippen LogP contribution in [0, 0.1) is 0 Å². The molecular weight excluding hydrogens is 328 g/mol. The summed E-state index contributed by atoms with van der Waals surface area (Å²) in [5.41, 5.74) is 1.87. The highest BCUT2D eigenvalue weighted by molar-refractivity contribution is 7.99. The molecule has 3 nitrogen and oxygen atoms in total. The number of aromatic nitrogens is 1. The highest BCUT2D eigenvalue weighted by Gasteiger charge is 2.16. The fraction of sp³-hybridized carbons (Fsp3) is 0.333. The number of amides is 1. The molecule has 23 heavy (non-hydrogen) atoms. The zero-order chi connectivity index (χ0) is 16.5. The lowest BCUT2D eigenvalue weighted by atomic mass is 10.2. The smallest absolute Gasteiger partial charge is 0.237 e. The molecule has 1 amide bonds. The van der Waals surface area contributed by atoms with Crippen LogP contribution in [0.1, 0.15) is 25.3 Å². The Morgan fingerprint density at radius 1 is 1.26 bits per heavy atom. The van der Waals surface area contributed by atoms with Crippen molar-refractivity contribution in [3.63, 3.8) is 0 Å². The van der Waals surface area contributed by atoms with Crippen LogP contribution in [0.5, 0.6) is 0 Å². The molecule has 2 aromatic rings. The zero-order valence-corrected chi connectivity index (χ0v) is 14.8. The van der Waals surface area contributed by atoms with E-state index in [2.05, 4.69) is 11.9 Å². The quantitative estimate of drug-likeness (QED) is 0.642. The van der Waals surface area contributed by atoms with Crippen molar-refractivity contribution in [2.75, 3.05) is 16.4 Å². The fourth-order valence-corrected chi connectivity index (χ4v) is 3.20. The molecule has 0 aliphatic rings. The Labute approximate surface area is 147 Å². The van der Waals surface area contributed by atoms with E-state index in [9.17, 15) is 4.79 Å². The van der Waals surface area contributed by atoms with E-state index < -0.39 is 0 Å². The van der Waals surface area contributed by atoms with Gasteiger partial charge >= 0.3 is 0 Å². The highest BCUT2D eigenvalue weighted by atomic mass is 35.5. The van der Waals surface area contributed by atoms with Gasteiger partial charge in [-0.1, -0.05) is 31.0 Å². The first-order chi connectivity index (χ1) is 11.2. The number of rotatable bonds is 8. The molecule has 0 saturated heterocycles. The van der Waals surface area contributed by atoms with Crippen molar-refractivity contribution in [1.29, 1.82) is 0 Å². The molecule has 1 heterocycles. The van der Waals surface area contributed by atoms with Gasteiger partial charge in [-0.3, -0.25) is 9.78 Å². The predicted molar refractivity (Wildman–Crippen MR) is 99.1 cm³/mol. The normalized spacial score (nSPS) is 10.5. The minimum atomic E-state index is 0.109. The third-order valence-corrected chi connectivity index (χ3v) is 4.65. The van der Waals surface area contributed by atoms with E-state index >= 15 is 0 Å². The molecule has 0 N–H and O–H groups in total. The first-order valence-electron chi connectivity index (χ1n) is 7.73. The van der Waals surface area contributed by atoms with Crippen molar-refractivity contribution in [2.45, 2.75) is 26.3 Å². The van der Waals surface area contributed by atoms with E-state index in [1.807, 2.05) is 36.4 Å². The lowest BCUT2D eigenvalue weighted by Crippen LogP contribution is -2.32. The van der Waals surface area contributed by atoms with Crippen LogP contribution in [-0.4, -0.2) is 22.4 Å². The largest absolute Gasteiger partial charge is 0.307 e. The highest BCUT2D eigenvalue weighted by Crippen LogP contribution is 2.21. The summed E-state index contributed by atoms with van der Waals surface area (Å²) in [6, 6.07) is 11.2. The Balaban J connectivity index is 2.10. The van der Waals surface area contributed by atoms with Gasteiger partial charge in [0.05, 0.1) is 12.3 Å². The first-order valence-corrected chi connectivity index (χ1v) is 9.26. The standard InChI is InChI=1S/C18H21ClN2OS/c1-2-3-11-23-14-18(22)21(13-15-5-4-10-20-12-15)17-8-6-16(19)7-9-17/h4-10,12H,2-3,11,13-14H2,1H3. The van der Waals surface area contributed by atoms with Crippen molar-refractivity contribution in [3.8, 4) is 0 Å². The average molecular weight is 349 g/mol. The van der Waals surface area contributed by atoms with Crippen molar-refractivity contribution >= 4 is 35.0 Å². The molecule has 122 valence electrons. The van der Waals surface area contributed by atoms with E-state index in [1.54, 1.807) is 29.1 Å². The molecule has 0 unspecified atom stereocenters. The second-order valence-electron chi connectivity index (χ2n) is 5.22. The van der Waals surface area contributed by atoms with Crippen molar-refractivity contribution in [1.82, 2.24) is 4.98 Å². The number of hydrogen-bond donors (Lipinski definition) is 0. The van der Waals surface area contributed by atoms with Gasteiger partial charge < -0.3 is 4.90 Å². The van der Waals surface area contributed by atoms with Crippen LogP contribution in [-0.2, 0) is 11.3 Å². The maximum absolute atomic E-state index is 12.6. The Morgan fingerprint density at radius 2 is 2.04 bits per heavy atom. The van der Waals surface area contributed by atoms with Gasteiger partial charge in [-0.05, 0) is 48.1 Å². The number of anilines is 1. The molecular formula is C18H21ClN2OS. The summed E-state index contributed by atoms with van der Waals surface area (Å²) in [4.78, 5) is 18.6. The van der Waals surface area contributed by atoms with Gasteiger partial charge in [-0.2, -0.15) is 11.8 Å². The maximum atomic E-state index is 12.6. The summed E-state index contributed by atoms with van der Waals surface area (Å²) in [7, 11) is 0. The van der Waals surface area contributed by atoms with Gasteiger partial charge in [0, 0.05) is 23.1 Å². The van der Waals surface area contributed by atoms with Crippen LogP contribution in [0.3, 0.4) is 0 Å². The van der Waals surface area contributed by atoms with Crippen LogP contribution < -0.4 is 4.90 Å². The second-order valence-corrected chi connectivity index (χ2v) is 6.77. The van der Waals surface area contributed by atoms with Gasteiger partial charge in [0.15, 0.2) is 0 Å². The van der Waals surface area contributed by atoms with Gasteiger partial charge in [-0.15, -0.1) is 0 Å². The number of hydrogen-bond acceptors (Lipinski definition) is 3.